The molecule has 0 aromatic rings. The Balaban J connectivity index is 3.29. The van der Waals surface area contributed by atoms with Crippen LogP contribution in [0.15, 0.2) is 0 Å². The summed E-state index contributed by atoms with van der Waals surface area (Å²) < 4.78 is 61.5. The second-order valence-electron chi connectivity index (χ2n) is 3.97. The molecule has 1 heterocycles. The molecule has 0 radical (unpaired) electrons. The first-order chi connectivity index (χ1) is 7.53. The Morgan fingerprint density at radius 1 is 1.29 bits per heavy atom. The smallest absolute Gasteiger partial charge is 0.418 e. The Morgan fingerprint density at radius 3 is 2.18 bits per heavy atom. The standard InChI is InChI=1S/C8H12F3NO4S/c1-7(6(13)14,8(9,10)11)12-4-2-3-5-17(12,15)16/h2-5H2,1H3,(H,13,14). The second kappa shape index (κ2) is 4.13. The van der Waals surface area contributed by atoms with Crippen LogP contribution in [0.1, 0.15) is 19.8 Å². The van der Waals surface area contributed by atoms with E-state index in [2.05, 4.69) is 0 Å². The van der Waals surface area contributed by atoms with Gasteiger partial charge in [-0.1, -0.05) is 0 Å². The molecule has 17 heavy (non-hydrogen) atoms. The summed E-state index contributed by atoms with van der Waals surface area (Å²) in [6, 6.07) is 0. The highest BCUT2D eigenvalue weighted by Crippen LogP contribution is 2.38. The fraction of sp³-hybridized carbons (Fsp3) is 0.875. The molecule has 0 spiro atoms. The van der Waals surface area contributed by atoms with Gasteiger partial charge in [0.2, 0.25) is 15.6 Å². The van der Waals surface area contributed by atoms with Gasteiger partial charge < -0.3 is 5.11 Å². The Morgan fingerprint density at radius 2 is 1.82 bits per heavy atom. The van der Waals surface area contributed by atoms with Gasteiger partial charge in [0.05, 0.1) is 5.75 Å². The highest BCUT2D eigenvalue weighted by molar-refractivity contribution is 7.89. The van der Waals surface area contributed by atoms with Crippen molar-refractivity contribution in [2.24, 2.45) is 0 Å². The predicted molar refractivity (Wildman–Crippen MR) is 51.8 cm³/mol. The Labute approximate surface area is 96.3 Å². The maximum absolute atomic E-state index is 12.8. The topological polar surface area (TPSA) is 74.7 Å². The quantitative estimate of drug-likeness (QED) is 0.809. The molecule has 1 aliphatic heterocycles. The summed E-state index contributed by atoms with van der Waals surface area (Å²) in [6.45, 7) is -0.0527. The number of aliphatic carboxylic acids is 1. The molecule has 9 heteroatoms. The average Bonchev–Trinajstić information content (AvgIpc) is 2.13. The number of halogens is 3. The summed E-state index contributed by atoms with van der Waals surface area (Å²) in [5.41, 5.74) is -3.40. The highest BCUT2D eigenvalue weighted by atomic mass is 32.2. The van der Waals surface area contributed by atoms with Crippen LogP contribution in [0.5, 0.6) is 0 Å². The zero-order valence-electron chi connectivity index (χ0n) is 8.99. The van der Waals surface area contributed by atoms with Crippen LogP contribution < -0.4 is 0 Å². The maximum atomic E-state index is 12.8. The molecule has 1 N–H and O–H groups in total. The number of carboxylic acids is 1. The molecular weight excluding hydrogens is 263 g/mol. The van der Waals surface area contributed by atoms with Crippen molar-refractivity contribution in [3.05, 3.63) is 0 Å². The van der Waals surface area contributed by atoms with E-state index in [0.717, 1.165) is 0 Å². The average molecular weight is 275 g/mol. The Kier molecular flexibility index (Phi) is 3.45. The zero-order chi connectivity index (χ0) is 13.5. The van der Waals surface area contributed by atoms with Crippen LogP contribution in [0.2, 0.25) is 0 Å². The van der Waals surface area contributed by atoms with Crippen molar-refractivity contribution in [2.75, 3.05) is 12.3 Å². The van der Waals surface area contributed by atoms with Crippen molar-refractivity contribution in [3.8, 4) is 0 Å². The third kappa shape index (κ3) is 2.25. The minimum absolute atomic E-state index is 0.0475. The lowest BCUT2D eigenvalue weighted by Gasteiger charge is -2.39. The predicted octanol–water partition coefficient (Wildman–Crippen LogP) is 0.818. The van der Waals surface area contributed by atoms with Crippen molar-refractivity contribution >= 4 is 16.0 Å². The molecule has 1 rings (SSSR count). The van der Waals surface area contributed by atoms with Crippen molar-refractivity contribution < 1.29 is 31.5 Å². The molecule has 1 atom stereocenters. The number of hydrogen-bond donors (Lipinski definition) is 1. The third-order valence-corrected chi connectivity index (χ3v) is 4.84. The van der Waals surface area contributed by atoms with Gasteiger partial charge in [0.25, 0.3) is 0 Å². The van der Waals surface area contributed by atoms with E-state index >= 15 is 0 Å². The number of hydrogen-bond acceptors (Lipinski definition) is 3. The summed E-state index contributed by atoms with van der Waals surface area (Å²) in [7, 11) is -4.18. The van der Waals surface area contributed by atoms with Gasteiger partial charge >= 0.3 is 12.1 Å². The van der Waals surface area contributed by atoms with Gasteiger partial charge in [-0.2, -0.15) is 17.5 Å². The molecule has 0 aliphatic carbocycles. The van der Waals surface area contributed by atoms with Gasteiger partial charge in [0.1, 0.15) is 0 Å². The molecule has 0 amide bonds. The van der Waals surface area contributed by atoms with Crippen molar-refractivity contribution in [2.45, 2.75) is 31.5 Å². The SMILES string of the molecule is CC(C(=O)O)(N1CCCCS1(=O)=O)C(F)(F)F. The minimum Gasteiger partial charge on any atom is -0.480 e. The lowest BCUT2D eigenvalue weighted by molar-refractivity contribution is -0.221. The van der Waals surface area contributed by atoms with E-state index in [4.69, 9.17) is 5.11 Å². The molecule has 0 bridgehead atoms. The summed E-state index contributed by atoms with van der Waals surface area (Å²) in [5, 5.41) is 8.73. The fourth-order valence-electron chi connectivity index (χ4n) is 1.66. The molecule has 0 aromatic heterocycles. The number of rotatable bonds is 2. The monoisotopic (exact) mass is 275 g/mol. The molecule has 1 unspecified atom stereocenters. The van der Waals surface area contributed by atoms with E-state index < -0.39 is 40.0 Å². The van der Waals surface area contributed by atoms with Crippen LogP contribution >= 0.6 is 0 Å². The van der Waals surface area contributed by atoms with Gasteiger partial charge in [0.15, 0.2) is 0 Å². The van der Waals surface area contributed by atoms with E-state index in [1.54, 1.807) is 0 Å². The minimum atomic E-state index is -5.16. The first kappa shape index (κ1) is 14.2. The lowest BCUT2D eigenvalue weighted by atomic mass is 10.0. The molecule has 100 valence electrons. The van der Waals surface area contributed by atoms with Gasteiger partial charge in [-0.15, -0.1) is 0 Å². The molecule has 0 saturated carbocycles. The van der Waals surface area contributed by atoms with Gasteiger partial charge in [-0.05, 0) is 19.8 Å². The number of carbonyl (C=O) groups is 1. The van der Waals surface area contributed by atoms with E-state index in [1.165, 1.54) is 0 Å². The van der Waals surface area contributed by atoms with E-state index in [0.29, 0.717) is 6.92 Å². The second-order valence-corrected chi connectivity index (χ2v) is 5.98. The largest absolute Gasteiger partial charge is 0.480 e. The molecule has 5 nitrogen and oxygen atoms in total. The summed E-state index contributed by atoms with van der Waals surface area (Å²) >= 11 is 0. The summed E-state index contributed by atoms with van der Waals surface area (Å²) in [5.74, 6) is -2.66. The first-order valence-electron chi connectivity index (χ1n) is 4.84. The van der Waals surface area contributed by atoms with Gasteiger partial charge in [0, 0.05) is 6.54 Å². The van der Waals surface area contributed by atoms with Crippen LogP contribution in [-0.2, 0) is 14.8 Å². The Hall–Kier alpha value is -0.830. The number of alkyl halides is 3. The third-order valence-electron chi connectivity index (χ3n) is 2.82. The number of carboxylic acid groups (broad SMARTS) is 1. The molecule has 1 saturated heterocycles. The number of nitrogens with zero attached hydrogens (tertiary/aromatic N) is 1. The fourth-order valence-corrected chi connectivity index (χ4v) is 3.59. The lowest BCUT2D eigenvalue weighted by Crippen LogP contribution is -2.65. The van der Waals surface area contributed by atoms with Crippen molar-refractivity contribution in [1.82, 2.24) is 4.31 Å². The van der Waals surface area contributed by atoms with Gasteiger partial charge in [-0.25, -0.2) is 13.2 Å². The Bertz CT molecular complexity index is 419. The number of sulfonamides is 1. The van der Waals surface area contributed by atoms with Crippen LogP contribution in [-0.4, -0.2) is 47.8 Å². The first-order valence-corrected chi connectivity index (χ1v) is 6.45. The van der Waals surface area contributed by atoms with Crippen molar-refractivity contribution in [1.29, 1.82) is 0 Å². The summed E-state index contributed by atoms with van der Waals surface area (Å²) in [4.78, 5) is 10.8. The van der Waals surface area contributed by atoms with Gasteiger partial charge in [-0.3, -0.25) is 0 Å². The van der Waals surface area contributed by atoms with Crippen LogP contribution in [0.3, 0.4) is 0 Å². The van der Waals surface area contributed by atoms with E-state index in [9.17, 15) is 26.4 Å². The maximum Gasteiger partial charge on any atom is 0.418 e. The molecular formula is C8H12F3NO4S. The van der Waals surface area contributed by atoms with E-state index in [1.807, 2.05) is 0 Å². The van der Waals surface area contributed by atoms with Crippen molar-refractivity contribution in [3.63, 3.8) is 0 Å². The highest BCUT2D eigenvalue weighted by Gasteiger charge is 2.64. The summed E-state index contributed by atoms with van der Waals surface area (Å²) in [6.07, 6.45) is -4.70. The normalized spacial score (nSPS) is 25.2. The van der Waals surface area contributed by atoms with E-state index in [-0.39, 0.29) is 17.1 Å². The van der Waals surface area contributed by atoms with Crippen LogP contribution in [0.4, 0.5) is 13.2 Å². The van der Waals surface area contributed by atoms with Crippen LogP contribution in [0, 0.1) is 0 Å². The zero-order valence-corrected chi connectivity index (χ0v) is 9.81. The molecule has 0 aromatic carbocycles. The van der Waals surface area contributed by atoms with Crippen LogP contribution in [0.25, 0.3) is 0 Å². The molecule has 1 fully saturated rings. The molecule has 1 aliphatic rings.